The molecule has 1 amide bonds. The third-order valence-corrected chi connectivity index (χ3v) is 5.35. The molecule has 3 aromatic rings. The van der Waals surface area contributed by atoms with E-state index in [0.29, 0.717) is 23.8 Å². The largest absolute Gasteiger partial charge is 0.337 e. The summed E-state index contributed by atoms with van der Waals surface area (Å²) in [6.07, 6.45) is 2.93. The lowest BCUT2D eigenvalue weighted by molar-refractivity contribution is 0.0974. The minimum absolute atomic E-state index is 0.0251. The molecule has 5 rings (SSSR count). The van der Waals surface area contributed by atoms with Gasteiger partial charge in [0.05, 0.1) is 0 Å². The number of fused-ring (bicyclic) bond motifs is 1. The Labute approximate surface area is 158 Å². The number of para-hydroxylation sites is 1. The highest BCUT2D eigenvalue weighted by molar-refractivity contribution is 6.08. The number of rotatable bonds is 3. The van der Waals surface area contributed by atoms with Crippen LogP contribution >= 0.6 is 0 Å². The zero-order chi connectivity index (χ0) is 18.5. The molecule has 136 valence electrons. The van der Waals surface area contributed by atoms with Gasteiger partial charge in [0.2, 0.25) is 5.89 Å². The number of amides is 1. The Balaban J connectivity index is 1.57. The summed E-state index contributed by atoms with van der Waals surface area (Å²) in [6, 6.07) is 13.7. The first-order valence-electron chi connectivity index (χ1n) is 9.43. The van der Waals surface area contributed by atoms with Crippen molar-refractivity contribution in [2.24, 2.45) is 0 Å². The van der Waals surface area contributed by atoms with E-state index in [1.165, 1.54) is 0 Å². The number of carbonyl (C=O) groups is 1. The van der Waals surface area contributed by atoms with Crippen LogP contribution in [-0.2, 0) is 6.42 Å². The molecule has 0 saturated heterocycles. The van der Waals surface area contributed by atoms with E-state index >= 15 is 0 Å². The van der Waals surface area contributed by atoms with Gasteiger partial charge in [0, 0.05) is 23.6 Å². The van der Waals surface area contributed by atoms with Crippen LogP contribution in [0.15, 0.2) is 47.0 Å². The molecule has 1 fully saturated rings. The molecule has 0 bridgehead atoms. The molecule has 27 heavy (non-hydrogen) atoms. The molecule has 1 unspecified atom stereocenters. The van der Waals surface area contributed by atoms with E-state index in [9.17, 15) is 4.79 Å². The lowest BCUT2D eigenvalue weighted by Gasteiger charge is -2.23. The first-order valence-corrected chi connectivity index (χ1v) is 9.43. The molecule has 1 aromatic heterocycles. The Morgan fingerprint density at radius 1 is 1.11 bits per heavy atom. The van der Waals surface area contributed by atoms with Crippen molar-refractivity contribution in [3.05, 3.63) is 76.4 Å². The number of nitrogens with zero attached hydrogens (tertiary/aromatic N) is 3. The molecule has 1 aliphatic carbocycles. The number of aryl methyl sites for hydroxylation is 2. The lowest BCUT2D eigenvalue weighted by atomic mass is 10.1. The van der Waals surface area contributed by atoms with Crippen LogP contribution in [0.25, 0.3) is 0 Å². The van der Waals surface area contributed by atoms with Crippen molar-refractivity contribution in [2.75, 3.05) is 4.90 Å². The number of benzene rings is 2. The van der Waals surface area contributed by atoms with Gasteiger partial charge >= 0.3 is 0 Å². The molecular weight excluding hydrogens is 338 g/mol. The average molecular weight is 359 g/mol. The van der Waals surface area contributed by atoms with Gasteiger partial charge in [-0.1, -0.05) is 40.5 Å². The predicted molar refractivity (Wildman–Crippen MR) is 102 cm³/mol. The average Bonchev–Trinajstić information content (AvgIpc) is 3.25. The molecule has 1 aliphatic heterocycles. The van der Waals surface area contributed by atoms with Crippen molar-refractivity contribution in [3.63, 3.8) is 0 Å². The predicted octanol–water partition coefficient (Wildman–Crippen LogP) is 4.51. The van der Waals surface area contributed by atoms with Gasteiger partial charge in [-0.2, -0.15) is 4.98 Å². The highest BCUT2D eigenvalue weighted by atomic mass is 16.5. The van der Waals surface area contributed by atoms with Crippen LogP contribution in [0, 0.1) is 13.8 Å². The Kier molecular flexibility index (Phi) is 3.64. The summed E-state index contributed by atoms with van der Waals surface area (Å²) in [6.45, 7) is 4.03. The third-order valence-electron chi connectivity index (χ3n) is 5.35. The van der Waals surface area contributed by atoms with Gasteiger partial charge in [-0.3, -0.25) is 9.69 Å². The van der Waals surface area contributed by atoms with Crippen LogP contribution in [0.3, 0.4) is 0 Å². The van der Waals surface area contributed by atoms with Gasteiger partial charge in [0.25, 0.3) is 5.91 Å². The Morgan fingerprint density at radius 2 is 1.85 bits per heavy atom. The minimum atomic E-state index is -0.254. The van der Waals surface area contributed by atoms with Gasteiger partial charge in [-0.05, 0) is 50.5 Å². The maximum Gasteiger partial charge on any atom is 0.259 e. The highest BCUT2D eigenvalue weighted by Crippen LogP contribution is 2.43. The quantitative estimate of drug-likeness (QED) is 0.690. The first-order chi connectivity index (χ1) is 13.1. The smallest absolute Gasteiger partial charge is 0.259 e. The van der Waals surface area contributed by atoms with Crippen LogP contribution < -0.4 is 4.90 Å². The van der Waals surface area contributed by atoms with E-state index in [0.717, 1.165) is 41.0 Å². The molecule has 0 spiro atoms. The lowest BCUT2D eigenvalue weighted by Crippen LogP contribution is -2.32. The van der Waals surface area contributed by atoms with Crippen molar-refractivity contribution in [2.45, 2.75) is 45.1 Å². The number of hydrogen-bond donors (Lipinski definition) is 0. The SMILES string of the molecule is Cc1cc(C)cc(C(=O)N2c3ccccc3CC2c2nc(C3CC3)no2)c1. The number of hydrogen-bond acceptors (Lipinski definition) is 4. The first kappa shape index (κ1) is 16.2. The van der Waals surface area contributed by atoms with Crippen LogP contribution in [0.2, 0.25) is 0 Å². The maximum absolute atomic E-state index is 13.5. The monoisotopic (exact) mass is 359 g/mol. The van der Waals surface area contributed by atoms with E-state index in [1.54, 1.807) is 0 Å². The minimum Gasteiger partial charge on any atom is -0.337 e. The summed E-state index contributed by atoms with van der Waals surface area (Å²) in [5.74, 6) is 1.71. The van der Waals surface area contributed by atoms with Crippen LogP contribution in [0.4, 0.5) is 5.69 Å². The molecule has 2 aromatic carbocycles. The fourth-order valence-corrected chi connectivity index (χ4v) is 3.96. The van der Waals surface area contributed by atoms with Crippen LogP contribution in [0.1, 0.15) is 63.6 Å². The summed E-state index contributed by atoms with van der Waals surface area (Å²) in [4.78, 5) is 19.9. The summed E-state index contributed by atoms with van der Waals surface area (Å²) in [5.41, 5.74) is 4.91. The number of anilines is 1. The third kappa shape index (κ3) is 2.83. The van der Waals surface area contributed by atoms with E-state index < -0.39 is 0 Å². The second-order valence-electron chi connectivity index (χ2n) is 7.67. The van der Waals surface area contributed by atoms with E-state index in [4.69, 9.17) is 4.52 Å². The van der Waals surface area contributed by atoms with Crippen molar-refractivity contribution >= 4 is 11.6 Å². The standard InChI is InChI=1S/C22H21N3O2/c1-13-9-14(2)11-17(10-13)22(26)25-18-6-4-3-5-16(18)12-19(25)21-23-20(24-27-21)15-7-8-15/h3-6,9-11,15,19H,7-8,12H2,1-2H3. The van der Waals surface area contributed by atoms with E-state index in [2.05, 4.69) is 22.3 Å². The molecular formula is C22H21N3O2. The summed E-state index contributed by atoms with van der Waals surface area (Å²) < 4.78 is 5.59. The van der Waals surface area contributed by atoms with Gasteiger partial charge in [-0.25, -0.2) is 0 Å². The summed E-state index contributed by atoms with van der Waals surface area (Å²) >= 11 is 0. The van der Waals surface area contributed by atoms with Crippen molar-refractivity contribution in [1.29, 1.82) is 0 Å². The maximum atomic E-state index is 13.5. The van der Waals surface area contributed by atoms with Crippen LogP contribution in [0.5, 0.6) is 0 Å². The topological polar surface area (TPSA) is 59.2 Å². The molecule has 1 saturated carbocycles. The normalized spacial score (nSPS) is 18.6. The summed E-state index contributed by atoms with van der Waals surface area (Å²) in [5, 5.41) is 4.16. The van der Waals surface area contributed by atoms with Crippen LogP contribution in [-0.4, -0.2) is 16.0 Å². The molecule has 2 heterocycles. The Morgan fingerprint density at radius 3 is 2.59 bits per heavy atom. The zero-order valence-corrected chi connectivity index (χ0v) is 15.5. The Hall–Kier alpha value is -2.95. The van der Waals surface area contributed by atoms with E-state index in [-0.39, 0.29) is 11.9 Å². The fourth-order valence-electron chi connectivity index (χ4n) is 3.96. The number of aromatic nitrogens is 2. The zero-order valence-electron chi connectivity index (χ0n) is 15.5. The fraction of sp³-hybridized carbons (Fsp3) is 0.318. The highest BCUT2D eigenvalue weighted by Gasteiger charge is 2.39. The Bertz CT molecular complexity index is 1020. The van der Waals surface area contributed by atoms with Crippen molar-refractivity contribution < 1.29 is 9.32 Å². The number of carbonyl (C=O) groups excluding carboxylic acids is 1. The molecule has 0 radical (unpaired) electrons. The second kappa shape index (κ2) is 6.05. The van der Waals surface area contributed by atoms with Gasteiger partial charge in [0.1, 0.15) is 6.04 Å². The van der Waals surface area contributed by atoms with E-state index in [1.807, 2.05) is 49.1 Å². The molecule has 1 atom stereocenters. The van der Waals surface area contributed by atoms with Gasteiger partial charge < -0.3 is 4.52 Å². The molecule has 5 nitrogen and oxygen atoms in total. The molecule has 2 aliphatic rings. The van der Waals surface area contributed by atoms with Crippen molar-refractivity contribution in [1.82, 2.24) is 10.1 Å². The summed E-state index contributed by atoms with van der Waals surface area (Å²) in [7, 11) is 0. The van der Waals surface area contributed by atoms with Crippen molar-refractivity contribution in [3.8, 4) is 0 Å². The van der Waals surface area contributed by atoms with Gasteiger partial charge in [0.15, 0.2) is 5.82 Å². The van der Waals surface area contributed by atoms with Gasteiger partial charge in [-0.15, -0.1) is 0 Å². The second-order valence-corrected chi connectivity index (χ2v) is 7.67. The molecule has 5 heteroatoms. The molecule has 0 N–H and O–H groups in total.